The molecular weight excluding hydrogens is 437 g/mol. The van der Waals surface area contributed by atoms with Gasteiger partial charge in [-0.1, -0.05) is 13.0 Å². The van der Waals surface area contributed by atoms with Gasteiger partial charge in [0.15, 0.2) is 11.8 Å². The summed E-state index contributed by atoms with van der Waals surface area (Å²) in [5.74, 6) is 0.833. The van der Waals surface area contributed by atoms with Crippen LogP contribution < -0.4 is 9.47 Å². The molecule has 0 spiro atoms. The number of halogens is 3. The zero-order valence-corrected chi connectivity index (χ0v) is 18.6. The number of likely N-dealkylation sites (tertiary alicyclic amines) is 1. The van der Waals surface area contributed by atoms with E-state index in [1.807, 2.05) is 6.92 Å². The fourth-order valence-corrected chi connectivity index (χ4v) is 4.07. The number of aryl methyl sites for hydroxylation is 1. The minimum absolute atomic E-state index is 0.148. The second-order valence-corrected chi connectivity index (χ2v) is 8.08. The molecule has 1 aliphatic rings. The SMILES string of the molecule is CC[C@H](Oc1cccc(OC)c1)C(=O)N1CC[C@H](c2cc3nc(C)cc(C(F)(F)F)n3n2)C1. The Kier molecular flexibility index (Phi) is 6.18. The summed E-state index contributed by atoms with van der Waals surface area (Å²) >= 11 is 0. The summed E-state index contributed by atoms with van der Waals surface area (Å²) in [6, 6.07) is 9.60. The van der Waals surface area contributed by atoms with Crippen molar-refractivity contribution in [1.29, 1.82) is 0 Å². The molecule has 2 atom stereocenters. The summed E-state index contributed by atoms with van der Waals surface area (Å²) in [7, 11) is 1.56. The van der Waals surface area contributed by atoms with Crippen LogP contribution in [0.15, 0.2) is 36.4 Å². The van der Waals surface area contributed by atoms with Crippen LogP contribution in [0, 0.1) is 6.92 Å². The number of aromatic nitrogens is 3. The second-order valence-electron chi connectivity index (χ2n) is 8.08. The van der Waals surface area contributed by atoms with Gasteiger partial charge >= 0.3 is 6.18 Å². The minimum Gasteiger partial charge on any atom is -0.497 e. The first-order valence-corrected chi connectivity index (χ1v) is 10.7. The smallest absolute Gasteiger partial charge is 0.433 e. The van der Waals surface area contributed by atoms with Gasteiger partial charge in [0.2, 0.25) is 0 Å². The molecule has 3 heterocycles. The van der Waals surface area contributed by atoms with Crippen LogP contribution in [-0.2, 0) is 11.0 Å². The van der Waals surface area contributed by atoms with E-state index >= 15 is 0 Å². The predicted octanol–water partition coefficient (Wildman–Crippen LogP) is 4.24. The van der Waals surface area contributed by atoms with Crippen LogP contribution >= 0.6 is 0 Å². The molecule has 0 N–H and O–H groups in total. The van der Waals surface area contributed by atoms with Crippen LogP contribution in [0.5, 0.6) is 11.5 Å². The molecule has 0 unspecified atom stereocenters. The van der Waals surface area contributed by atoms with Gasteiger partial charge in [0.1, 0.15) is 17.2 Å². The van der Waals surface area contributed by atoms with E-state index in [0.29, 0.717) is 43.1 Å². The monoisotopic (exact) mass is 462 g/mol. The molecule has 176 valence electrons. The summed E-state index contributed by atoms with van der Waals surface area (Å²) in [5, 5.41) is 4.20. The van der Waals surface area contributed by atoms with E-state index in [9.17, 15) is 18.0 Å². The number of hydrogen-bond donors (Lipinski definition) is 0. The third-order valence-electron chi connectivity index (χ3n) is 5.75. The maximum Gasteiger partial charge on any atom is 0.433 e. The first kappa shape index (κ1) is 22.9. The quantitative estimate of drug-likeness (QED) is 0.548. The van der Waals surface area contributed by atoms with Crippen LogP contribution in [-0.4, -0.2) is 51.7 Å². The molecular formula is C23H25F3N4O3. The van der Waals surface area contributed by atoms with Crippen molar-refractivity contribution in [1.82, 2.24) is 19.5 Å². The van der Waals surface area contributed by atoms with Crippen molar-refractivity contribution in [3.8, 4) is 11.5 Å². The average Bonchev–Trinajstić information content (AvgIpc) is 3.43. The first-order valence-electron chi connectivity index (χ1n) is 10.7. The molecule has 1 fully saturated rings. The van der Waals surface area contributed by atoms with Gasteiger partial charge in [0, 0.05) is 36.8 Å². The van der Waals surface area contributed by atoms with E-state index in [-0.39, 0.29) is 23.2 Å². The Hall–Kier alpha value is -3.30. The summed E-state index contributed by atoms with van der Waals surface area (Å²) in [6.45, 7) is 4.23. The number of ether oxygens (including phenoxy) is 2. The Balaban J connectivity index is 1.50. The second kappa shape index (κ2) is 8.92. The summed E-state index contributed by atoms with van der Waals surface area (Å²) in [6.07, 6.45) is -4.13. The van der Waals surface area contributed by atoms with E-state index in [1.165, 1.54) is 6.92 Å². The molecule has 33 heavy (non-hydrogen) atoms. The first-order chi connectivity index (χ1) is 15.7. The largest absolute Gasteiger partial charge is 0.497 e. The molecule has 2 aromatic heterocycles. The topological polar surface area (TPSA) is 69.0 Å². The molecule has 7 nitrogen and oxygen atoms in total. The number of fused-ring (bicyclic) bond motifs is 1. The van der Waals surface area contributed by atoms with Crippen molar-refractivity contribution in [2.24, 2.45) is 0 Å². The third kappa shape index (κ3) is 4.74. The molecule has 1 aromatic carbocycles. The number of benzene rings is 1. The standard InChI is InChI=1S/C23H25F3N4O3/c1-4-19(33-17-7-5-6-16(11-17)32-3)22(31)29-9-8-15(13-29)18-12-21-27-14(2)10-20(23(24,25)26)30(21)28-18/h5-7,10-12,15,19H,4,8-9,13H2,1-3H3/t15-,19-/m0/s1. The van der Waals surface area contributed by atoms with Crippen molar-refractivity contribution in [2.45, 2.75) is 44.9 Å². The van der Waals surface area contributed by atoms with Gasteiger partial charge in [-0.25, -0.2) is 9.50 Å². The van der Waals surface area contributed by atoms with Gasteiger partial charge in [0.05, 0.1) is 12.8 Å². The Labute approximate surface area is 189 Å². The van der Waals surface area contributed by atoms with Crippen LogP contribution in [0.25, 0.3) is 5.65 Å². The number of hydrogen-bond acceptors (Lipinski definition) is 5. The molecule has 0 saturated carbocycles. The highest BCUT2D eigenvalue weighted by molar-refractivity contribution is 5.81. The summed E-state index contributed by atoms with van der Waals surface area (Å²) < 4.78 is 52.3. The fraction of sp³-hybridized carbons (Fsp3) is 0.435. The van der Waals surface area contributed by atoms with Crippen LogP contribution in [0.1, 0.15) is 42.8 Å². The van der Waals surface area contributed by atoms with E-state index in [4.69, 9.17) is 9.47 Å². The van der Waals surface area contributed by atoms with Crippen molar-refractivity contribution in [3.05, 3.63) is 53.5 Å². The van der Waals surface area contributed by atoms with Gasteiger partial charge in [-0.2, -0.15) is 18.3 Å². The normalized spacial score (nSPS) is 17.4. The van der Waals surface area contributed by atoms with Gasteiger partial charge in [-0.05, 0) is 38.0 Å². The zero-order valence-electron chi connectivity index (χ0n) is 18.6. The lowest BCUT2D eigenvalue weighted by molar-refractivity contribution is -0.142. The number of alkyl halides is 3. The third-order valence-corrected chi connectivity index (χ3v) is 5.75. The zero-order chi connectivity index (χ0) is 23.8. The van der Waals surface area contributed by atoms with E-state index in [0.717, 1.165) is 10.6 Å². The van der Waals surface area contributed by atoms with E-state index in [2.05, 4.69) is 10.1 Å². The van der Waals surface area contributed by atoms with Crippen molar-refractivity contribution >= 4 is 11.6 Å². The molecule has 1 aliphatic heterocycles. The number of amides is 1. The number of rotatable bonds is 6. The van der Waals surface area contributed by atoms with Crippen molar-refractivity contribution in [3.63, 3.8) is 0 Å². The highest BCUT2D eigenvalue weighted by Crippen LogP contribution is 2.32. The molecule has 1 saturated heterocycles. The Morgan fingerprint density at radius 2 is 2.00 bits per heavy atom. The average molecular weight is 462 g/mol. The Morgan fingerprint density at radius 1 is 1.24 bits per heavy atom. The number of carbonyl (C=O) groups is 1. The van der Waals surface area contributed by atoms with Crippen molar-refractivity contribution < 1.29 is 27.4 Å². The van der Waals surface area contributed by atoms with Crippen LogP contribution in [0.2, 0.25) is 0 Å². The van der Waals surface area contributed by atoms with Gasteiger partial charge < -0.3 is 14.4 Å². The van der Waals surface area contributed by atoms with Crippen LogP contribution in [0.3, 0.4) is 0 Å². The lowest BCUT2D eigenvalue weighted by atomic mass is 10.1. The van der Waals surface area contributed by atoms with E-state index in [1.54, 1.807) is 42.3 Å². The maximum atomic E-state index is 13.4. The summed E-state index contributed by atoms with van der Waals surface area (Å²) in [4.78, 5) is 19.0. The molecule has 10 heteroatoms. The number of methoxy groups -OCH3 is 1. The van der Waals surface area contributed by atoms with Crippen molar-refractivity contribution in [2.75, 3.05) is 20.2 Å². The van der Waals surface area contributed by atoms with Gasteiger partial charge in [-0.15, -0.1) is 0 Å². The molecule has 0 radical (unpaired) electrons. The molecule has 4 rings (SSSR count). The highest BCUT2D eigenvalue weighted by atomic mass is 19.4. The number of nitrogens with zero attached hydrogens (tertiary/aromatic N) is 4. The molecule has 1 amide bonds. The van der Waals surface area contributed by atoms with E-state index < -0.39 is 18.0 Å². The lowest BCUT2D eigenvalue weighted by Gasteiger charge is -2.23. The molecule has 0 aliphatic carbocycles. The minimum atomic E-state index is -4.54. The Morgan fingerprint density at radius 3 is 2.70 bits per heavy atom. The lowest BCUT2D eigenvalue weighted by Crippen LogP contribution is -2.40. The van der Waals surface area contributed by atoms with Crippen LogP contribution in [0.4, 0.5) is 13.2 Å². The maximum absolute atomic E-state index is 13.4. The predicted molar refractivity (Wildman–Crippen MR) is 114 cm³/mol. The Bertz CT molecular complexity index is 1160. The molecule has 0 bridgehead atoms. The van der Waals surface area contributed by atoms with Gasteiger partial charge in [0.25, 0.3) is 5.91 Å². The summed E-state index contributed by atoms with van der Waals surface area (Å²) in [5.41, 5.74) is 0.0513. The molecule has 3 aromatic rings. The number of carbonyl (C=O) groups excluding carboxylic acids is 1. The van der Waals surface area contributed by atoms with Gasteiger partial charge in [-0.3, -0.25) is 4.79 Å². The highest BCUT2D eigenvalue weighted by Gasteiger charge is 2.37. The fourth-order valence-electron chi connectivity index (χ4n) is 4.07.